The molecule has 28 heavy (non-hydrogen) atoms. The molecule has 2 aromatic rings. The molecular formula is C20H22I2N2O3S. The van der Waals surface area contributed by atoms with Crippen LogP contribution in [0.2, 0.25) is 0 Å². The summed E-state index contributed by atoms with van der Waals surface area (Å²) in [6.45, 7) is 7.31. The number of halogens is 2. The molecule has 0 saturated carbocycles. The van der Waals surface area contributed by atoms with Gasteiger partial charge in [0.15, 0.2) is 0 Å². The van der Waals surface area contributed by atoms with Crippen LogP contribution in [-0.4, -0.2) is 41.4 Å². The number of carbonyl (C=O) groups is 1. The van der Waals surface area contributed by atoms with Gasteiger partial charge in [0.2, 0.25) is 0 Å². The molecule has 1 aromatic carbocycles. The first-order chi connectivity index (χ1) is 13.0. The smallest absolute Gasteiger partial charge is 0.342 e. The van der Waals surface area contributed by atoms with Crippen LogP contribution in [0.15, 0.2) is 17.1 Å². The average Bonchev–Trinajstić information content (AvgIpc) is 2.92. The number of aliphatic imine (C=N–C) groups is 1. The van der Waals surface area contributed by atoms with Gasteiger partial charge in [-0.3, -0.25) is 0 Å². The number of carbonyl (C=O) groups excluding carboxylic acids is 1. The van der Waals surface area contributed by atoms with E-state index in [9.17, 15) is 9.90 Å². The third-order valence-electron chi connectivity index (χ3n) is 4.21. The van der Waals surface area contributed by atoms with Gasteiger partial charge in [0.1, 0.15) is 16.4 Å². The van der Waals surface area contributed by atoms with Crippen molar-refractivity contribution in [2.45, 2.75) is 39.3 Å². The first-order valence-electron chi connectivity index (χ1n) is 8.83. The standard InChI is InChI=1S/C20H22I2N2O3S/c1-20(2,3)27-19(26)16-13-5-6-24(4)10-15(13)28-18(16)23-9-11-7-12(21)8-14(22)17(11)25/h7-9,25H,5-6,10H2,1-4H3. The number of aromatic hydroxyl groups is 1. The Hall–Kier alpha value is -0.720. The van der Waals surface area contributed by atoms with Gasteiger partial charge in [-0.2, -0.15) is 0 Å². The van der Waals surface area contributed by atoms with Crippen molar-refractivity contribution in [3.63, 3.8) is 0 Å². The second-order valence-corrected chi connectivity index (χ2v) is 11.2. The SMILES string of the molecule is CN1CCc2c(sc(N=Cc3cc(I)cc(I)c3O)c2C(=O)OC(C)(C)C)C1. The van der Waals surface area contributed by atoms with Gasteiger partial charge in [-0.05, 0) is 97.1 Å². The molecule has 0 aliphatic carbocycles. The molecule has 8 heteroatoms. The van der Waals surface area contributed by atoms with Gasteiger partial charge in [0, 0.05) is 33.3 Å². The van der Waals surface area contributed by atoms with Gasteiger partial charge in [-0.25, -0.2) is 9.79 Å². The largest absolute Gasteiger partial charge is 0.506 e. The Morgan fingerprint density at radius 3 is 2.75 bits per heavy atom. The molecule has 5 nitrogen and oxygen atoms in total. The second-order valence-electron chi connectivity index (χ2n) is 7.76. The topological polar surface area (TPSA) is 62.1 Å². The summed E-state index contributed by atoms with van der Waals surface area (Å²) in [6, 6.07) is 3.77. The van der Waals surface area contributed by atoms with Gasteiger partial charge < -0.3 is 14.7 Å². The van der Waals surface area contributed by atoms with E-state index in [-0.39, 0.29) is 11.7 Å². The first kappa shape index (κ1) is 22.0. The van der Waals surface area contributed by atoms with Crippen LogP contribution in [0.3, 0.4) is 0 Å². The number of phenolic OH excluding ortho intramolecular Hbond substituents is 1. The quantitative estimate of drug-likeness (QED) is 0.284. The first-order valence-corrected chi connectivity index (χ1v) is 11.8. The summed E-state index contributed by atoms with van der Waals surface area (Å²) in [5.74, 6) is -0.132. The number of benzene rings is 1. The van der Waals surface area contributed by atoms with Crippen molar-refractivity contribution in [1.82, 2.24) is 4.90 Å². The van der Waals surface area contributed by atoms with Crippen LogP contribution in [-0.2, 0) is 17.7 Å². The fourth-order valence-electron chi connectivity index (χ4n) is 2.96. The van der Waals surface area contributed by atoms with Gasteiger partial charge in [0.05, 0.1) is 9.13 Å². The molecule has 0 spiro atoms. The van der Waals surface area contributed by atoms with Gasteiger partial charge in [-0.1, -0.05) is 0 Å². The maximum absolute atomic E-state index is 12.9. The predicted octanol–water partition coefficient (Wildman–Crippen LogP) is 5.36. The minimum absolute atomic E-state index is 0.199. The number of thiophene rings is 1. The number of likely N-dealkylation sites (N-methyl/N-ethyl adjacent to an activating group) is 1. The van der Waals surface area contributed by atoms with E-state index in [1.807, 2.05) is 32.9 Å². The van der Waals surface area contributed by atoms with E-state index in [0.29, 0.717) is 16.1 Å². The third kappa shape index (κ3) is 5.06. The molecule has 0 amide bonds. The summed E-state index contributed by atoms with van der Waals surface area (Å²) in [4.78, 5) is 20.9. The van der Waals surface area contributed by atoms with Crippen molar-refractivity contribution in [3.8, 4) is 5.75 Å². The molecule has 1 aliphatic rings. The fourth-order valence-corrected chi connectivity index (χ4v) is 6.11. The van der Waals surface area contributed by atoms with Crippen LogP contribution < -0.4 is 0 Å². The second kappa shape index (κ2) is 8.57. The maximum atomic E-state index is 12.9. The molecule has 3 rings (SSSR count). The van der Waals surface area contributed by atoms with E-state index < -0.39 is 5.60 Å². The number of hydrogen-bond acceptors (Lipinski definition) is 6. The number of rotatable bonds is 3. The monoisotopic (exact) mass is 624 g/mol. The molecule has 2 heterocycles. The summed E-state index contributed by atoms with van der Waals surface area (Å²) in [6.07, 6.45) is 2.44. The van der Waals surface area contributed by atoms with Crippen LogP contribution in [0.25, 0.3) is 0 Å². The highest BCUT2D eigenvalue weighted by Crippen LogP contribution is 2.40. The van der Waals surface area contributed by atoms with Crippen LogP contribution in [0.5, 0.6) is 5.75 Å². The lowest BCUT2D eigenvalue weighted by molar-refractivity contribution is 0.00694. The minimum atomic E-state index is -0.567. The van der Waals surface area contributed by atoms with Gasteiger partial charge >= 0.3 is 5.97 Å². The van der Waals surface area contributed by atoms with Crippen molar-refractivity contribution in [1.29, 1.82) is 0 Å². The number of nitrogens with zero attached hydrogens (tertiary/aromatic N) is 2. The molecule has 0 radical (unpaired) electrons. The number of hydrogen-bond donors (Lipinski definition) is 1. The lowest BCUT2D eigenvalue weighted by Gasteiger charge is -2.23. The van der Waals surface area contributed by atoms with E-state index in [2.05, 4.69) is 62.1 Å². The highest BCUT2D eigenvalue weighted by molar-refractivity contribution is 14.1. The Morgan fingerprint density at radius 2 is 2.07 bits per heavy atom. The average molecular weight is 624 g/mol. The van der Waals surface area contributed by atoms with Gasteiger partial charge in [0.25, 0.3) is 0 Å². The summed E-state index contributed by atoms with van der Waals surface area (Å²) >= 11 is 5.84. The van der Waals surface area contributed by atoms with Crippen LogP contribution in [0.4, 0.5) is 5.00 Å². The van der Waals surface area contributed by atoms with Crippen molar-refractivity contribution in [2.24, 2.45) is 4.99 Å². The summed E-state index contributed by atoms with van der Waals surface area (Å²) in [5.41, 5.74) is 1.68. The predicted molar refractivity (Wildman–Crippen MR) is 130 cm³/mol. The summed E-state index contributed by atoms with van der Waals surface area (Å²) < 4.78 is 7.44. The third-order valence-corrected chi connectivity index (χ3v) is 6.78. The van der Waals surface area contributed by atoms with Crippen LogP contribution in [0, 0.1) is 7.14 Å². The van der Waals surface area contributed by atoms with Gasteiger partial charge in [-0.15, -0.1) is 11.3 Å². The Morgan fingerprint density at radius 1 is 1.36 bits per heavy atom. The lowest BCUT2D eigenvalue weighted by atomic mass is 10.0. The molecule has 0 unspecified atom stereocenters. The van der Waals surface area contributed by atoms with E-state index in [1.54, 1.807) is 6.21 Å². The molecule has 150 valence electrons. The van der Waals surface area contributed by atoms with Crippen molar-refractivity contribution < 1.29 is 14.6 Å². The number of fused-ring (bicyclic) bond motifs is 1. The van der Waals surface area contributed by atoms with Crippen molar-refractivity contribution in [3.05, 3.63) is 40.8 Å². The molecule has 0 fully saturated rings. The van der Waals surface area contributed by atoms with E-state index in [1.165, 1.54) is 11.3 Å². The summed E-state index contributed by atoms with van der Waals surface area (Å²) in [5, 5.41) is 11.0. The zero-order valence-corrected chi connectivity index (χ0v) is 21.3. The highest BCUT2D eigenvalue weighted by atomic mass is 127. The number of esters is 1. The molecule has 1 aromatic heterocycles. The zero-order chi connectivity index (χ0) is 20.6. The molecular weight excluding hydrogens is 602 g/mol. The molecule has 1 aliphatic heterocycles. The maximum Gasteiger partial charge on any atom is 0.342 e. The normalized spacial score (nSPS) is 15.1. The molecule has 0 bridgehead atoms. The lowest BCUT2D eigenvalue weighted by Crippen LogP contribution is -2.28. The Labute approximate surface area is 196 Å². The van der Waals surface area contributed by atoms with Crippen molar-refractivity contribution in [2.75, 3.05) is 13.6 Å². The highest BCUT2D eigenvalue weighted by Gasteiger charge is 2.30. The molecule has 1 N–H and O–H groups in total. The minimum Gasteiger partial charge on any atom is -0.506 e. The summed E-state index contributed by atoms with van der Waals surface area (Å²) in [7, 11) is 2.07. The van der Waals surface area contributed by atoms with Crippen LogP contribution in [0.1, 0.15) is 47.1 Å². The fraction of sp³-hybridized carbons (Fsp3) is 0.400. The van der Waals surface area contributed by atoms with E-state index >= 15 is 0 Å². The number of phenols is 1. The number of ether oxygens (including phenoxy) is 1. The Bertz CT molecular complexity index is 948. The van der Waals surface area contributed by atoms with E-state index in [4.69, 9.17) is 4.74 Å². The van der Waals surface area contributed by atoms with Crippen LogP contribution >= 0.6 is 56.5 Å². The zero-order valence-electron chi connectivity index (χ0n) is 16.2. The molecule has 0 saturated heterocycles. The van der Waals surface area contributed by atoms with Crippen molar-refractivity contribution >= 4 is 73.7 Å². The Balaban J connectivity index is 2.04. The Kier molecular flexibility index (Phi) is 6.72. The molecule has 0 atom stereocenters. The van der Waals surface area contributed by atoms with E-state index in [0.717, 1.165) is 37.1 Å².